The molecule has 0 fully saturated rings. The van der Waals surface area contributed by atoms with Gasteiger partial charge in [-0.2, -0.15) is 0 Å². The summed E-state index contributed by atoms with van der Waals surface area (Å²) < 4.78 is 7.35. The molecule has 0 bridgehead atoms. The monoisotopic (exact) mass is 520 g/mol. The van der Waals surface area contributed by atoms with Crippen molar-refractivity contribution in [3.05, 3.63) is 100 Å². The van der Waals surface area contributed by atoms with Gasteiger partial charge >= 0.3 is 0 Å². The topological polar surface area (TPSA) is 69.0 Å². The lowest BCUT2D eigenvalue weighted by Crippen LogP contribution is -2.29. The molecular formula is C28H29ClN4O2S. The van der Waals surface area contributed by atoms with Gasteiger partial charge in [0.2, 0.25) is 5.91 Å². The van der Waals surface area contributed by atoms with Crippen molar-refractivity contribution in [1.82, 2.24) is 20.1 Å². The van der Waals surface area contributed by atoms with Gasteiger partial charge in [-0.15, -0.1) is 10.2 Å². The zero-order chi connectivity index (χ0) is 25.5. The van der Waals surface area contributed by atoms with Crippen LogP contribution in [0.25, 0.3) is 5.69 Å². The van der Waals surface area contributed by atoms with E-state index in [9.17, 15) is 4.79 Å². The van der Waals surface area contributed by atoms with E-state index in [4.69, 9.17) is 16.3 Å². The Labute approximate surface area is 221 Å². The van der Waals surface area contributed by atoms with Crippen molar-refractivity contribution in [2.75, 3.05) is 7.11 Å². The van der Waals surface area contributed by atoms with Crippen LogP contribution < -0.4 is 10.1 Å². The van der Waals surface area contributed by atoms with Gasteiger partial charge in [0, 0.05) is 17.2 Å². The first kappa shape index (κ1) is 25.8. The Morgan fingerprint density at radius 2 is 1.83 bits per heavy atom. The number of nitrogens with zero attached hydrogens (tertiary/aromatic N) is 3. The lowest BCUT2D eigenvalue weighted by Gasteiger charge is -2.18. The van der Waals surface area contributed by atoms with Crippen molar-refractivity contribution in [3.63, 3.8) is 0 Å². The quantitative estimate of drug-likeness (QED) is 0.247. The van der Waals surface area contributed by atoms with Gasteiger partial charge in [-0.25, -0.2) is 0 Å². The number of carbonyl (C=O) groups is 1. The lowest BCUT2D eigenvalue weighted by atomic mass is 10.1. The molecule has 0 aliphatic heterocycles. The van der Waals surface area contributed by atoms with Gasteiger partial charge in [-0.3, -0.25) is 9.36 Å². The summed E-state index contributed by atoms with van der Waals surface area (Å²) in [5.74, 6) is 2.12. The molecule has 1 N–H and O–H groups in total. The molecule has 1 heterocycles. The molecule has 0 saturated carbocycles. The average Bonchev–Trinajstić information content (AvgIpc) is 3.32. The van der Waals surface area contributed by atoms with Crippen LogP contribution in [-0.2, 0) is 17.0 Å². The second kappa shape index (κ2) is 12.1. The van der Waals surface area contributed by atoms with E-state index in [0.29, 0.717) is 29.4 Å². The van der Waals surface area contributed by atoms with Crippen molar-refractivity contribution in [1.29, 1.82) is 0 Å². The Bertz CT molecular complexity index is 1330. The number of amides is 1. The maximum Gasteiger partial charge on any atom is 0.220 e. The van der Waals surface area contributed by atoms with E-state index in [1.807, 2.05) is 85.1 Å². The Balaban J connectivity index is 1.56. The van der Waals surface area contributed by atoms with Crippen molar-refractivity contribution < 1.29 is 9.53 Å². The summed E-state index contributed by atoms with van der Waals surface area (Å²) in [6.45, 7) is 3.95. The summed E-state index contributed by atoms with van der Waals surface area (Å²) in [6, 6.07) is 23.4. The van der Waals surface area contributed by atoms with Gasteiger partial charge in [0.15, 0.2) is 11.0 Å². The summed E-state index contributed by atoms with van der Waals surface area (Å²) in [5.41, 5.74) is 4.17. The molecule has 186 valence electrons. The molecule has 0 radical (unpaired) electrons. The van der Waals surface area contributed by atoms with Crippen molar-refractivity contribution >= 4 is 29.3 Å². The number of carbonyl (C=O) groups excluding carboxylic acids is 1. The molecular weight excluding hydrogens is 492 g/mol. The molecule has 1 unspecified atom stereocenters. The number of methoxy groups -OCH3 is 1. The van der Waals surface area contributed by atoms with Crippen LogP contribution in [0.15, 0.2) is 78.0 Å². The van der Waals surface area contributed by atoms with E-state index in [0.717, 1.165) is 33.3 Å². The van der Waals surface area contributed by atoms with E-state index in [1.54, 1.807) is 18.9 Å². The molecule has 0 aliphatic carbocycles. The van der Waals surface area contributed by atoms with Gasteiger partial charge in [0.25, 0.3) is 0 Å². The molecule has 1 amide bonds. The Hall–Kier alpha value is -3.29. The average molecular weight is 521 g/mol. The van der Waals surface area contributed by atoms with Crippen LogP contribution in [-0.4, -0.2) is 27.8 Å². The summed E-state index contributed by atoms with van der Waals surface area (Å²) >= 11 is 7.93. The van der Waals surface area contributed by atoms with Gasteiger partial charge in [-0.05, 0) is 61.2 Å². The third kappa shape index (κ3) is 6.47. The molecule has 8 heteroatoms. The maximum absolute atomic E-state index is 12.7. The first-order valence-electron chi connectivity index (χ1n) is 11.8. The number of ether oxygens (including phenoxy) is 1. The number of rotatable bonds is 10. The van der Waals surface area contributed by atoms with Gasteiger partial charge in [-0.1, -0.05) is 71.9 Å². The van der Waals surface area contributed by atoms with E-state index in [2.05, 4.69) is 21.6 Å². The van der Waals surface area contributed by atoms with E-state index < -0.39 is 0 Å². The summed E-state index contributed by atoms with van der Waals surface area (Å²) in [4.78, 5) is 12.7. The maximum atomic E-state index is 12.7. The number of halogens is 1. The molecule has 36 heavy (non-hydrogen) atoms. The first-order chi connectivity index (χ1) is 17.4. The zero-order valence-corrected chi connectivity index (χ0v) is 22.1. The zero-order valence-electron chi connectivity index (χ0n) is 20.6. The predicted molar refractivity (Wildman–Crippen MR) is 145 cm³/mol. The van der Waals surface area contributed by atoms with E-state index in [-0.39, 0.29) is 11.9 Å². The number of benzene rings is 3. The fraction of sp³-hybridized carbons (Fsp3) is 0.250. The third-order valence-electron chi connectivity index (χ3n) is 5.82. The van der Waals surface area contributed by atoms with Crippen LogP contribution in [0.2, 0.25) is 5.02 Å². The number of aromatic nitrogens is 3. The molecule has 4 aromatic rings. The molecule has 0 aliphatic rings. The fourth-order valence-electron chi connectivity index (χ4n) is 3.90. The fourth-order valence-corrected chi connectivity index (χ4v) is 4.96. The van der Waals surface area contributed by atoms with Crippen molar-refractivity contribution in [3.8, 4) is 11.4 Å². The van der Waals surface area contributed by atoms with Crippen molar-refractivity contribution in [2.45, 2.75) is 43.6 Å². The largest absolute Gasteiger partial charge is 0.497 e. The van der Waals surface area contributed by atoms with Gasteiger partial charge in [0.1, 0.15) is 5.75 Å². The molecule has 0 saturated heterocycles. The Morgan fingerprint density at radius 3 is 2.61 bits per heavy atom. The second-order valence-corrected chi connectivity index (χ2v) is 9.90. The van der Waals surface area contributed by atoms with Crippen LogP contribution in [0.1, 0.15) is 41.9 Å². The summed E-state index contributed by atoms with van der Waals surface area (Å²) in [7, 11) is 1.66. The number of nitrogens with one attached hydrogen (secondary N) is 1. The second-order valence-electron chi connectivity index (χ2n) is 8.52. The minimum Gasteiger partial charge on any atom is -0.497 e. The summed E-state index contributed by atoms with van der Waals surface area (Å²) in [6.07, 6.45) is 1.08. The number of hydrogen-bond donors (Lipinski definition) is 1. The molecule has 6 nitrogen and oxygen atoms in total. The lowest BCUT2D eigenvalue weighted by molar-refractivity contribution is -0.121. The Morgan fingerprint density at radius 1 is 1.06 bits per heavy atom. The van der Waals surface area contributed by atoms with Crippen LogP contribution >= 0.6 is 23.4 Å². The minimum absolute atomic E-state index is 0.0331. The standard InChI is InChI=1S/C28H29ClN4O2S/c1-19-12-14-23(29)17-25(19)33-27(20(2)30-26(34)15-13-21-8-5-4-6-9-21)31-32-28(33)36-18-22-10-7-11-24(16-22)35-3/h4-12,14,16-17,20H,13,15,18H2,1-3H3,(H,30,34). The number of aryl methyl sites for hydroxylation is 2. The van der Waals surface area contributed by atoms with Crippen LogP contribution in [0.4, 0.5) is 0 Å². The first-order valence-corrected chi connectivity index (χ1v) is 13.1. The van der Waals surface area contributed by atoms with Crippen molar-refractivity contribution in [2.24, 2.45) is 0 Å². The Kier molecular flexibility index (Phi) is 8.67. The minimum atomic E-state index is -0.342. The number of hydrogen-bond acceptors (Lipinski definition) is 5. The van der Waals surface area contributed by atoms with Gasteiger partial charge in [0.05, 0.1) is 18.8 Å². The third-order valence-corrected chi connectivity index (χ3v) is 7.06. The van der Waals surface area contributed by atoms with Gasteiger partial charge < -0.3 is 10.1 Å². The smallest absolute Gasteiger partial charge is 0.220 e. The van der Waals surface area contributed by atoms with Crippen LogP contribution in [0, 0.1) is 6.92 Å². The predicted octanol–water partition coefficient (Wildman–Crippen LogP) is 6.34. The van der Waals surface area contributed by atoms with E-state index >= 15 is 0 Å². The molecule has 4 rings (SSSR count). The highest BCUT2D eigenvalue weighted by Gasteiger charge is 2.22. The molecule has 1 atom stereocenters. The van der Waals surface area contributed by atoms with Crippen LogP contribution in [0.5, 0.6) is 5.75 Å². The molecule has 0 spiro atoms. The number of thioether (sulfide) groups is 1. The summed E-state index contributed by atoms with van der Waals surface area (Å²) in [5, 5.41) is 13.4. The highest BCUT2D eigenvalue weighted by Crippen LogP contribution is 2.31. The molecule has 1 aromatic heterocycles. The van der Waals surface area contributed by atoms with Crippen LogP contribution in [0.3, 0.4) is 0 Å². The highest BCUT2D eigenvalue weighted by molar-refractivity contribution is 7.98. The molecule has 3 aromatic carbocycles. The van der Waals surface area contributed by atoms with E-state index in [1.165, 1.54) is 0 Å². The SMILES string of the molecule is COc1cccc(CSc2nnc(C(C)NC(=O)CCc3ccccc3)n2-c2cc(Cl)ccc2C)c1. The normalized spacial score (nSPS) is 11.8. The highest BCUT2D eigenvalue weighted by atomic mass is 35.5.